The van der Waals surface area contributed by atoms with Crippen molar-refractivity contribution in [2.75, 3.05) is 4.90 Å². The number of non-ortho nitro benzene ring substituents is 1. The van der Waals surface area contributed by atoms with E-state index in [-0.39, 0.29) is 27.3 Å². The molecule has 5 rings (SSSR count). The topological polar surface area (TPSA) is 84.7 Å². The molecule has 1 aliphatic heterocycles. The molecule has 0 saturated carbocycles. The molecule has 1 atom stereocenters. The second-order valence-electron chi connectivity index (χ2n) is 8.19. The van der Waals surface area contributed by atoms with Crippen molar-refractivity contribution in [1.29, 1.82) is 0 Å². The molecule has 1 fully saturated rings. The van der Waals surface area contributed by atoms with E-state index in [1.165, 1.54) is 17.0 Å². The first-order valence-electron chi connectivity index (χ1n) is 11.2. The number of carbonyl (C=O) groups is 1. The van der Waals surface area contributed by atoms with Gasteiger partial charge in [-0.2, -0.15) is 0 Å². The summed E-state index contributed by atoms with van der Waals surface area (Å²) in [5, 5.41) is 14.5. The summed E-state index contributed by atoms with van der Waals surface area (Å²) in [5.74, 6) is 0.921. The van der Waals surface area contributed by atoms with Gasteiger partial charge >= 0.3 is 0 Å². The predicted molar refractivity (Wildman–Crippen MR) is 144 cm³/mol. The summed E-state index contributed by atoms with van der Waals surface area (Å²) in [6.07, 6.45) is 1.07. The lowest BCUT2D eigenvalue weighted by Crippen LogP contribution is -2.30. The minimum Gasteiger partial charge on any atom is -0.457 e. The van der Waals surface area contributed by atoms with E-state index in [0.717, 1.165) is 11.1 Å². The van der Waals surface area contributed by atoms with E-state index < -0.39 is 11.1 Å². The van der Waals surface area contributed by atoms with E-state index in [4.69, 9.17) is 27.9 Å². The van der Waals surface area contributed by atoms with Gasteiger partial charge in [0, 0.05) is 12.1 Å². The SMILES string of the molecule is O=C1C(=Cc2cccc(Oc3ccccc3)c2)NC(c2ccccc2)N1c1c(Cl)cc([N+](=O)[O-])cc1Cl. The standard InChI is InChI=1S/C28H19Cl2N3O4/c29-23-16-20(33(35)36)17-24(30)26(23)32-27(19-9-3-1-4-10-19)31-25(28(32)34)15-18-8-7-13-22(14-18)37-21-11-5-2-6-12-21/h1-17,27,31H. The molecule has 9 heteroatoms. The Kier molecular flexibility index (Phi) is 6.81. The Hall–Kier alpha value is -4.33. The maximum Gasteiger partial charge on any atom is 0.276 e. The quantitative estimate of drug-likeness (QED) is 0.159. The molecule has 0 spiro atoms. The van der Waals surface area contributed by atoms with Gasteiger partial charge in [0.1, 0.15) is 23.4 Å². The minimum absolute atomic E-state index is 0.00482. The van der Waals surface area contributed by atoms with Gasteiger partial charge in [0.15, 0.2) is 0 Å². The van der Waals surface area contributed by atoms with E-state index in [2.05, 4.69) is 5.32 Å². The molecule has 1 aliphatic rings. The smallest absolute Gasteiger partial charge is 0.276 e. The first-order chi connectivity index (χ1) is 17.9. The molecule has 0 bridgehead atoms. The number of hydrogen-bond donors (Lipinski definition) is 1. The van der Waals surface area contributed by atoms with Gasteiger partial charge in [0.05, 0.1) is 20.7 Å². The van der Waals surface area contributed by atoms with Gasteiger partial charge < -0.3 is 10.1 Å². The minimum atomic E-state index is -0.639. The van der Waals surface area contributed by atoms with Gasteiger partial charge in [-0.05, 0) is 41.5 Å². The van der Waals surface area contributed by atoms with Crippen LogP contribution in [0, 0.1) is 10.1 Å². The van der Waals surface area contributed by atoms with Crippen molar-refractivity contribution in [3.05, 3.63) is 134 Å². The fraction of sp³-hybridized carbons (Fsp3) is 0.0357. The highest BCUT2D eigenvalue weighted by atomic mass is 35.5. The summed E-state index contributed by atoms with van der Waals surface area (Å²) in [6.45, 7) is 0. The number of ether oxygens (including phenoxy) is 1. The third-order valence-electron chi connectivity index (χ3n) is 5.72. The summed E-state index contributed by atoms with van der Waals surface area (Å²) in [4.78, 5) is 25.8. The molecule has 1 heterocycles. The number of benzene rings is 4. The number of rotatable bonds is 6. The van der Waals surface area contributed by atoms with Crippen LogP contribution >= 0.6 is 23.2 Å². The molecular formula is C28H19Cl2N3O4. The van der Waals surface area contributed by atoms with E-state index in [0.29, 0.717) is 17.2 Å². The predicted octanol–water partition coefficient (Wildman–Crippen LogP) is 7.37. The molecule has 0 aromatic heterocycles. The molecule has 0 aliphatic carbocycles. The van der Waals surface area contributed by atoms with Crippen LogP contribution in [0.4, 0.5) is 11.4 Å². The Labute approximate surface area is 222 Å². The van der Waals surface area contributed by atoms with E-state index in [1.54, 1.807) is 6.08 Å². The fourth-order valence-electron chi connectivity index (χ4n) is 4.07. The summed E-state index contributed by atoms with van der Waals surface area (Å²) >= 11 is 12.9. The molecule has 1 unspecified atom stereocenters. The zero-order chi connectivity index (χ0) is 25.9. The monoisotopic (exact) mass is 531 g/mol. The van der Waals surface area contributed by atoms with Crippen molar-refractivity contribution in [3.8, 4) is 11.5 Å². The van der Waals surface area contributed by atoms with Crippen LogP contribution in [0.15, 0.2) is 103 Å². The average molecular weight is 532 g/mol. The number of nitrogens with zero attached hydrogens (tertiary/aromatic N) is 2. The van der Waals surface area contributed by atoms with Gasteiger partial charge in [-0.1, -0.05) is 83.9 Å². The normalized spacial score (nSPS) is 16.1. The largest absolute Gasteiger partial charge is 0.457 e. The Morgan fingerprint density at radius 3 is 2.14 bits per heavy atom. The van der Waals surface area contributed by atoms with Crippen molar-refractivity contribution < 1.29 is 14.5 Å². The number of hydrogen-bond acceptors (Lipinski definition) is 5. The number of halogens is 2. The van der Waals surface area contributed by atoms with Gasteiger partial charge in [-0.15, -0.1) is 0 Å². The summed E-state index contributed by atoms with van der Waals surface area (Å²) in [7, 11) is 0. The fourth-order valence-corrected chi connectivity index (χ4v) is 4.73. The molecule has 37 heavy (non-hydrogen) atoms. The lowest BCUT2D eigenvalue weighted by atomic mass is 10.1. The number of nitro groups is 1. The first-order valence-corrected chi connectivity index (χ1v) is 12.0. The summed E-state index contributed by atoms with van der Waals surface area (Å²) in [5.41, 5.74) is 1.74. The Morgan fingerprint density at radius 2 is 1.49 bits per heavy atom. The highest BCUT2D eigenvalue weighted by molar-refractivity contribution is 6.40. The number of nitro benzene ring substituents is 1. The number of amides is 1. The Balaban J connectivity index is 1.54. The highest BCUT2D eigenvalue weighted by Crippen LogP contribution is 2.43. The van der Waals surface area contributed by atoms with Crippen molar-refractivity contribution in [2.45, 2.75) is 6.17 Å². The molecular weight excluding hydrogens is 513 g/mol. The van der Waals surface area contributed by atoms with Crippen LogP contribution in [0.1, 0.15) is 17.3 Å². The molecule has 7 nitrogen and oxygen atoms in total. The van der Waals surface area contributed by atoms with Crippen molar-refractivity contribution in [2.24, 2.45) is 0 Å². The lowest BCUT2D eigenvalue weighted by molar-refractivity contribution is -0.384. The van der Waals surface area contributed by atoms with Crippen LogP contribution in [0.2, 0.25) is 10.0 Å². The number of nitrogens with one attached hydrogen (secondary N) is 1. The van der Waals surface area contributed by atoms with Crippen LogP contribution in [0.25, 0.3) is 6.08 Å². The summed E-state index contributed by atoms with van der Waals surface area (Å²) < 4.78 is 5.92. The van der Waals surface area contributed by atoms with Gasteiger partial charge in [-0.25, -0.2) is 0 Å². The molecule has 0 radical (unpaired) electrons. The molecule has 4 aromatic carbocycles. The van der Waals surface area contributed by atoms with Gasteiger partial charge in [-0.3, -0.25) is 19.8 Å². The summed E-state index contributed by atoms with van der Waals surface area (Å²) in [6, 6.07) is 28.4. The maximum atomic E-state index is 13.7. The van der Waals surface area contributed by atoms with Gasteiger partial charge in [0.2, 0.25) is 0 Å². The number of anilines is 1. The van der Waals surface area contributed by atoms with Crippen LogP contribution in [0.3, 0.4) is 0 Å². The van der Waals surface area contributed by atoms with Crippen LogP contribution in [-0.4, -0.2) is 10.8 Å². The van der Waals surface area contributed by atoms with E-state index in [1.807, 2.05) is 84.9 Å². The second-order valence-corrected chi connectivity index (χ2v) is 9.01. The first kappa shape index (κ1) is 24.4. The molecule has 184 valence electrons. The molecule has 1 saturated heterocycles. The van der Waals surface area contributed by atoms with Crippen molar-refractivity contribution in [1.82, 2.24) is 5.32 Å². The van der Waals surface area contributed by atoms with E-state index >= 15 is 0 Å². The highest BCUT2D eigenvalue weighted by Gasteiger charge is 2.39. The Morgan fingerprint density at radius 1 is 0.865 bits per heavy atom. The van der Waals surface area contributed by atoms with E-state index in [9.17, 15) is 14.9 Å². The molecule has 1 N–H and O–H groups in total. The zero-order valence-corrected chi connectivity index (χ0v) is 20.7. The zero-order valence-electron chi connectivity index (χ0n) is 19.2. The average Bonchev–Trinajstić information content (AvgIpc) is 3.20. The van der Waals surface area contributed by atoms with Gasteiger partial charge in [0.25, 0.3) is 11.6 Å². The lowest BCUT2D eigenvalue weighted by Gasteiger charge is -2.25. The van der Waals surface area contributed by atoms with Crippen LogP contribution < -0.4 is 15.0 Å². The maximum absolute atomic E-state index is 13.7. The number of carbonyl (C=O) groups excluding carboxylic acids is 1. The van der Waals surface area contributed by atoms with Crippen LogP contribution in [0.5, 0.6) is 11.5 Å². The van der Waals surface area contributed by atoms with Crippen LogP contribution in [-0.2, 0) is 4.79 Å². The third-order valence-corrected chi connectivity index (χ3v) is 6.29. The van der Waals surface area contributed by atoms with Crippen molar-refractivity contribution in [3.63, 3.8) is 0 Å². The number of para-hydroxylation sites is 1. The second kappa shape index (κ2) is 10.3. The Bertz CT molecular complexity index is 1490. The third kappa shape index (κ3) is 5.14. The molecule has 4 aromatic rings. The molecule has 1 amide bonds. The van der Waals surface area contributed by atoms with Crippen molar-refractivity contribution >= 4 is 46.6 Å².